The zero-order chi connectivity index (χ0) is 13.7. The van der Waals surface area contributed by atoms with Crippen molar-refractivity contribution < 1.29 is 19.1 Å². The zero-order valence-electron chi connectivity index (χ0n) is 10.8. The summed E-state index contributed by atoms with van der Waals surface area (Å²) in [6.45, 7) is 2.76. The molecule has 0 saturated carbocycles. The average Bonchev–Trinajstić information content (AvgIpc) is 2.45. The van der Waals surface area contributed by atoms with Crippen LogP contribution in [0.4, 0.5) is 0 Å². The van der Waals surface area contributed by atoms with E-state index in [9.17, 15) is 9.59 Å². The maximum absolute atomic E-state index is 11.9. The third-order valence-corrected chi connectivity index (χ3v) is 3.01. The van der Waals surface area contributed by atoms with Crippen LogP contribution < -0.4 is 5.32 Å². The van der Waals surface area contributed by atoms with Gasteiger partial charge in [0.15, 0.2) is 0 Å². The van der Waals surface area contributed by atoms with E-state index in [2.05, 4.69) is 5.32 Å². The van der Waals surface area contributed by atoms with Crippen LogP contribution in [0.1, 0.15) is 12.5 Å². The van der Waals surface area contributed by atoms with E-state index >= 15 is 0 Å². The van der Waals surface area contributed by atoms with Crippen molar-refractivity contribution in [2.24, 2.45) is 5.92 Å². The second kappa shape index (κ2) is 6.33. The molecule has 1 saturated heterocycles. The summed E-state index contributed by atoms with van der Waals surface area (Å²) < 4.78 is 10.5. The fraction of sp³-hybridized carbons (Fsp3) is 0.429. The number of nitrogens with one attached hydrogen (secondary N) is 1. The van der Waals surface area contributed by atoms with Crippen LogP contribution in [0.25, 0.3) is 0 Å². The van der Waals surface area contributed by atoms with Crippen LogP contribution in [0.5, 0.6) is 0 Å². The third kappa shape index (κ3) is 3.54. The molecule has 2 rings (SSSR count). The van der Waals surface area contributed by atoms with Gasteiger partial charge in [0, 0.05) is 6.54 Å². The van der Waals surface area contributed by atoms with E-state index in [-0.39, 0.29) is 12.5 Å². The number of esters is 1. The minimum atomic E-state index is -0.753. The molecule has 1 aliphatic rings. The molecule has 0 aliphatic carbocycles. The number of morpholine rings is 1. The Bertz CT molecular complexity index is 446. The Morgan fingerprint density at radius 2 is 2.21 bits per heavy atom. The second-order valence-electron chi connectivity index (χ2n) is 4.46. The summed E-state index contributed by atoms with van der Waals surface area (Å²) in [5, 5.41) is 2.67. The fourth-order valence-corrected chi connectivity index (χ4v) is 1.89. The van der Waals surface area contributed by atoms with E-state index in [1.165, 1.54) is 0 Å². The lowest BCUT2D eigenvalue weighted by Crippen LogP contribution is -2.49. The molecule has 5 heteroatoms. The average molecular weight is 263 g/mol. The monoisotopic (exact) mass is 263 g/mol. The number of hydrogen-bond donors (Lipinski definition) is 1. The maximum atomic E-state index is 11.9. The van der Waals surface area contributed by atoms with Crippen LogP contribution in [0.15, 0.2) is 30.3 Å². The molecule has 2 unspecified atom stereocenters. The van der Waals surface area contributed by atoms with E-state index < -0.39 is 18.0 Å². The molecule has 0 spiro atoms. The molecule has 1 N–H and O–H groups in total. The Morgan fingerprint density at radius 3 is 2.89 bits per heavy atom. The van der Waals surface area contributed by atoms with Gasteiger partial charge in [-0.2, -0.15) is 0 Å². The van der Waals surface area contributed by atoms with Crippen molar-refractivity contribution in [3.05, 3.63) is 35.9 Å². The summed E-state index contributed by atoms with van der Waals surface area (Å²) in [5.41, 5.74) is 0.914. The number of carbonyl (C=O) groups excluding carboxylic acids is 2. The van der Waals surface area contributed by atoms with Crippen molar-refractivity contribution >= 4 is 11.9 Å². The normalized spacial score (nSPS) is 20.5. The number of carbonyl (C=O) groups is 2. The minimum Gasteiger partial charge on any atom is -0.461 e. The van der Waals surface area contributed by atoms with E-state index in [1.54, 1.807) is 6.92 Å². The molecular formula is C14H17NO4. The van der Waals surface area contributed by atoms with Crippen LogP contribution in [0.3, 0.4) is 0 Å². The van der Waals surface area contributed by atoms with Gasteiger partial charge in [0.05, 0.1) is 12.5 Å². The van der Waals surface area contributed by atoms with Crippen LogP contribution >= 0.6 is 0 Å². The molecule has 0 aromatic heterocycles. The van der Waals surface area contributed by atoms with E-state index in [0.717, 1.165) is 5.56 Å². The lowest BCUT2D eigenvalue weighted by molar-refractivity contribution is -0.161. The smallest absolute Gasteiger partial charge is 0.312 e. The van der Waals surface area contributed by atoms with Gasteiger partial charge in [0.2, 0.25) is 5.91 Å². The van der Waals surface area contributed by atoms with Gasteiger partial charge in [-0.3, -0.25) is 9.59 Å². The zero-order valence-corrected chi connectivity index (χ0v) is 10.8. The first-order valence-corrected chi connectivity index (χ1v) is 6.28. The number of ether oxygens (including phenoxy) is 2. The molecule has 1 fully saturated rings. The first kappa shape index (κ1) is 13.5. The molecule has 0 bridgehead atoms. The molecule has 1 aromatic carbocycles. The quantitative estimate of drug-likeness (QED) is 0.819. The number of benzene rings is 1. The van der Waals surface area contributed by atoms with Gasteiger partial charge in [0.1, 0.15) is 12.7 Å². The summed E-state index contributed by atoms with van der Waals surface area (Å²) in [5.74, 6) is -1.29. The van der Waals surface area contributed by atoms with Gasteiger partial charge in [-0.05, 0) is 12.5 Å². The Hall–Kier alpha value is -1.88. The summed E-state index contributed by atoms with van der Waals surface area (Å²) >= 11 is 0. The molecule has 1 amide bonds. The van der Waals surface area contributed by atoms with Gasteiger partial charge < -0.3 is 14.8 Å². The van der Waals surface area contributed by atoms with Gasteiger partial charge in [0.25, 0.3) is 0 Å². The summed E-state index contributed by atoms with van der Waals surface area (Å²) in [4.78, 5) is 23.4. The predicted molar refractivity (Wildman–Crippen MR) is 68.2 cm³/mol. The molecule has 2 atom stereocenters. The van der Waals surface area contributed by atoms with Crippen molar-refractivity contribution in [2.75, 3.05) is 13.2 Å². The molecule has 1 heterocycles. The lowest BCUT2D eigenvalue weighted by atomic mass is 10.0. The van der Waals surface area contributed by atoms with Crippen molar-refractivity contribution in [3.8, 4) is 0 Å². The largest absolute Gasteiger partial charge is 0.461 e. The van der Waals surface area contributed by atoms with Gasteiger partial charge in [-0.25, -0.2) is 0 Å². The predicted octanol–water partition coefficient (Wildman–Crippen LogP) is 0.881. The first-order valence-electron chi connectivity index (χ1n) is 6.28. The molecule has 1 aromatic rings. The van der Waals surface area contributed by atoms with Crippen molar-refractivity contribution in [1.82, 2.24) is 5.32 Å². The molecule has 0 radical (unpaired) electrons. The Labute approximate surface area is 111 Å². The number of hydrogen-bond acceptors (Lipinski definition) is 4. The Balaban J connectivity index is 1.87. The summed E-state index contributed by atoms with van der Waals surface area (Å²) in [7, 11) is 0. The fourth-order valence-electron chi connectivity index (χ4n) is 1.89. The molecule has 102 valence electrons. The van der Waals surface area contributed by atoms with E-state index in [1.807, 2.05) is 30.3 Å². The van der Waals surface area contributed by atoms with Gasteiger partial charge in [-0.15, -0.1) is 0 Å². The maximum Gasteiger partial charge on any atom is 0.312 e. The van der Waals surface area contributed by atoms with Crippen molar-refractivity contribution in [1.29, 1.82) is 0 Å². The number of rotatable bonds is 4. The summed E-state index contributed by atoms with van der Waals surface area (Å²) in [6.07, 6.45) is -0.753. The Morgan fingerprint density at radius 1 is 1.47 bits per heavy atom. The summed E-state index contributed by atoms with van der Waals surface area (Å²) in [6, 6.07) is 9.41. The van der Waals surface area contributed by atoms with Crippen LogP contribution in [0.2, 0.25) is 0 Å². The van der Waals surface area contributed by atoms with Gasteiger partial charge in [-0.1, -0.05) is 30.3 Å². The highest BCUT2D eigenvalue weighted by Crippen LogP contribution is 2.13. The van der Waals surface area contributed by atoms with Gasteiger partial charge >= 0.3 is 5.97 Å². The Kier molecular flexibility index (Phi) is 4.52. The van der Waals surface area contributed by atoms with Crippen molar-refractivity contribution in [2.45, 2.75) is 19.6 Å². The third-order valence-electron chi connectivity index (χ3n) is 3.01. The van der Waals surface area contributed by atoms with Crippen LogP contribution in [-0.2, 0) is 25.7 Å². The number of amides is 1. The SMILES string of the molecule is CC(C(=O)OCc1ccccc1)C1OCCNC1=O. The topological polar surface area (TPSA) is 64.6 Å². The molecule has 5 nitrogen and oxygen atoms in total. The molecule has 19 heavy (non-hydrogen) atoms. The molecule has 1 aliphatic heterocycles. The highest BCUT2D eigenvalue weighted by molar-refractivity contribution is 5.87. The minimum absolute atomic E-state index is 0.207. The second-order valence-corrected chi connectivity index (χ2v) is 4.46. The molecular weight excluding hydrogens is 246 g/mol. The van der Waals surface area contributed by atoms with E-state index in [0.29, 0.717) is 13.2 Å². The van der Waals surface area contributed by atoms with Crippen LogP contribution in [0, 0.1) is 5.92 Å². The van der Waals surface area contributed by atoms with Crippen molar-refractivity contribution in [3.63, 3.8) is 0 Å². The van der Waals surface area contributed by atoms with E-state index in [4.69, 9.17) is 9.47 Å². The first-order chi connectivity index (χ1) is 9.18. The highest BCUT2D eigenvalue weighted by atomic mass is 16.5. The van der Waals surface area contributed by atoms with Crippen LogP contribution in [-0.4, -0.2) is 31.1 Å². The standard InChI is InChI=1S/C14H17NO4/c1-10(12-13(16)15-7-8-18-12)14(17)19-9-11-5-3-2-4-6-11/h2-6,10,12H,7-9H2,1H3,(H,15,16). The lowest BCUT2D eigenvalue weighted by Gasteiger charge is -2.26. The highest BCUT2D eigenvalue weighted by Gasteiger charge is 2.34.